The highest BCUT2D eigenvalue weighted by molar-refractivity contribution is 6.01. The molecule has 4 rings (SSSR count). The Balaban J connectivity index is 1.51. The summed E-state index contributed by atoms with van der Waals surface area (Å²) in [5.41, 5.74) is 12.1. The van der Waals surface area contributed by atoms with E-state index in [1.807, 2.05) is 56.3 Å². The fourth-order valence-corrected chi connectivity index (χ4v) is 3.29. The van der Waals surface area contributed by atoms with Crippen LogP contribution in [-0.4, -0.2) is 21.2 Å². The number of nitrogens with one attached hydrogen (secondary N) is 3. The van der Waals surface area contributed by atoms with E-state index < -0.39 is 0 Å². The van der Waals surface area contributed by atoms with Crippen LogP contribution in [0.1, 0.15) is 11.1 Å². The highest BCUT2D eigenvalue weighted by Gasteiger charge is 2.11. The Morgan fingerprint density at radius 2 is 1.64 bits per heavy atom. The van der Waals surface area contributed by atoms with Gasteiger partial charge in [-0.3, -0.25) is 5.10 Å². The fourth-order valence-electron chi connectivity index (χ4n) is 3.29. The highest BCUT2D eigenvalue weighted by Crippen LogP contribution is 2.30. The Hall–Kier alpha value is -3.87. The van der Waals surface area contributed by atoms with E-state index in [1.165, 1.54) is 0 Å². The Bertz CT molecular complexity index is 1140. The monoisotopic (exact) mass is 372 g/mol. The van der Waals surface area contributed by atoms with Crippen LogP contribution in [0.25, 0.3) is 22.2 Å². The molecule has 0 bridgehead atoms. The first kappa shape index (κ1) is 17.5. The van der Waals surface area contributed by atoms with Gasteiger partial charge < -0.3 is 16.4 Å². The predicted molar refractivity (Wildman–Crippen MR) is 112 cm³/mol. The quantitative estimate of drug-likeness (QED) is 0.425. The number of H-pyrrole nitrogens is 1. The van der Waals surface area contributed by atoms with Crippen molar-refractivity contribution in [2.24, 2.45) is 0 Å². The second-order valence-electron chi connectivity index (χ2n) is 6.72. The van der Waals surface area contributed by atoms with E-state index in [1.54, 1.807) is 6.20 Å². The van der Waals surface area contributed by atoms with Crippen LogP contribution in [0.5, 0.6) is 0 Å². The van der Waals surface area contributed by atoms with E-state index in [-0.39, 0.29) is 6.03 Å². The summed E-state index contributed by atoms with van der Waals surface area (Å²) >= 11 is 0. The van der Waals surface area contributed by atoms with E-state index in [0.717, 1.165) is 33.3 Å². The van der Waals surface area contributed by atoms with Crippen molar-refractivity contribution in [3.63, 3.8) is 0 Å². The number of hydrogen-bond donors (Lipinski definition) is 4. The molecule has 7 heteroatoms. The molecule has 0 aliphatic carbocycles. The molecule has 5 N–H and O–H groups in total. The minimum Gasteiger partial charge on any atom is -0.382 e. The number of anilines is 3. The van der Waals surface area contributed by atoms with Gasteiger partial charge >= 0.3 is 6.03 Å². The zero-order chi connectivity index (χ0) is 19.7. The molecule has 2 aromatic carbocycles. The van der Waals surface area contributed by atoms with Gasteiger partial charge in [0.1, 0.15) is 0 Å². The van der Waals surface area contributed by atoms with Gasteiger partial charge in [0.05, 0.1) is 5.39 Å². The molecular formula is C21H20N6O. The number of aromatic nitrogens is 3. The summed E-state index contributed by atoms with van der Waals surface area (Å²) in [5.74, 6) is 0.410. The fraction of sp³-hybridized carbons (Fsp3) is 0.0952. The number of urea groups is 1. The van der Waals surface area contributed by atoms with Crippen LogP contribution in [0.2, 0.25) is 0 Å². The normalized spacial score (nSPS) is 10.8. The van der Waals surface area contributed by atoms with Gasteiger partial charge in [-0.15, -0.1) is 0 Å². The Kier molecular flexibility index (Phi) is 4.41. The van der Waals surface area contributed by atoms with E-state index >= 15 is 0 Å². The number of aromatic amines is 1. The SMILES string of the molecule is Cc1cc(C)cc(NC(=O)Nc2ccc(-c3ccnc4[nH]nc(N)c34)cc2)c1. The standard InChI is InChI=1S/C21H20N6O/c1-12-9-13(2)11-16(10-12)25-21(28)24-15-5-3-14(4-6-15)17-7-8-23-20-18(17)19(22)26-27-20/h3-11H,1-2H3,(H2,24,25,28)(H3,22,23,26,27). The number of aryl methyl sites for hydroxylation is 2. The summed E-state index contributed by atoms with van der Waals surface area (Å²) < 4.78 is 0. The number of amides is 2. The highest BCUT2D eigenvalue weighted by atomic mass is 16.2. The molecule has 4 aromatic rings. The molecule has 0 atom stereocenters. The van der Waals surface area contributed by atoms with Gasteiger partial charge in [-0.05, 0) is 66.4 Å². The number of nitrogen functional groups attached to an aromatic ring is 1. The summed E-state index contributed by atoms with van der Waals surface area (Å²) in [4.78, 5) is 16.5. The number of benzene rings is 2. The van der Waals surface area contributed by atoms with Crippen molar-refractivity contribution in [1.82, 2.24) is 15.2 Å². The number of hydrogen-bond acceptors (Lipinski definition) is 4. The lowest BCUT2D eigenvalue weighted by atomic mass is 10.0. The summed E-state index contributed by atoms with van der Waals surface area (Å²) in [6, 6.07) is 15.1. The maximum absolute atomic E-state index is 12.3. The van der Waals surface area contributed by atoms with Crippen LogP contribution < -0.4 is 16.4 Å². The minimum absolute atomic E-state index is 0.289. The van der Waals surface area contributed by atoms with Gasteiger partial charge in [0.2, 0.25) is 0 Å². The number of pyridine rings is 1. The zero-order valence-electron chi connectivity index (χ0n) is 15.6. The van der Waals surface area contributed by atoms with Crippen molar-refractivity contribution in [2.45, 2.75) is 13.8 Å². The molecule has 0 radical (unpaired) electrons. The summed E-state index contributed by atoms with van der Waals surface area (Å²) in [5, 5.41) is 13.3. The molecule has 0 spiro atoms. The average molecular weight is 372 g/mol. The van der Waals surface area contributed by atoms with Crippen LogP contribution in [0.3, 0.4) is 0 Å². The smallest absolute Gasteiger partial charge is 0.323 e. The van der Waals surface area contributed by atoms with E-state index in [0.29, 0.717) is 17.2 Å². The Labute approximate surface area is 162 Å². The number of fused-ring (bicyclic) bond motifs is 1. The van der Waals surface area contributed by atoms with Crippen LogP contribution >= 0.6 is 0 Å². The summed E-state index contributed by atoms with van der Waals surface area (Å²) in [7, 11) is 0. The molecule has 0 aliphatic heterocycles. The summed E-state index contributed by atoms with van der Waals surface area (Å²) in [6.45, 7) is 4.00. The Morgan fingerprint density at radius 1 is 0.964 bits per heavy atom. The van der Waals surface area contributed by atoms with Crippen LogP contribution in [0.4, 0.5) is 22.0 Å². The van der Waals surface area contributed by atoms with Gasteiger partial charge in [0.15, 0.2) is 11.5 Å². The molecule has 0 fully saturated rings. The third-order valence-corrected chi connectivity index (χ3v) is 4.42. The van der Waals surface area contributed by atoms with E-state index in [4.69, 9.17) is 5.73 Å². The maximum atomic E-state index is 12.3. The van der Waals surface area contributed by atoms with Gasteiger partial charge in [-0.25, -0.2) is 9.78 Å². The average Bonchev–Trinajstić information content (AvgIpc) is 3.03. The van der Waals surface area contributed by atoms with Crippen molar-refractivity contribution in [2.75, 3.05) is 16.4 Å². The number of carbonyl (C=O) groups is 1. The summed E-state index contributed by atoms with van der Waals surface area (Å²) in [6.07, 6.45) is 1.71. The molecular weight excluding hydrogens is 352 g/mol. The molecule has 0 aliphatic rings. The molecule has 0 saturated carbocycles. The number of nitrogens with zero attached hydrogens (tertiary/aromatic N) is 2. The third kappa shape index (κ3) is 3.50. The lowest BCUT2D eigenvalue weighted by Gasteiger charge is -2.10. The molecule has 2 heterocycles. The van der Waals surface area contributed by atoms with Crippen LogP contribution in [0.15, 0.2) is 54.7 Å². The van der Waals surface area contributed by atoms with Crippen molar-refractivity contribution >= 4 is 34.3 Å². The molecule has 7 nitrogen and oxygen atoms in total. The van der Waals surface area contributed by atoms with Crippen molar-refractivity contribution in [1.29, 1.82) is 0 Å². The van der Waals surface area contributed by atoms with E-state index in [9.17, 15) is 4.79 Å². The zero-order valence-corrected chi connectivity index (χ0v) is 15.6. The van der Waals surface area contributed by atoms with Gasteiger partial charge in [-0.2, -0.15) is 5.10 Å². The molecule has 0 unspecified atom stereocenters. The largest absolute Gasteiger partial charge is 0.382 e. The molecule has 2 amide bonds. The second kappa shape index (κ2) is 7.03. The third-order valence-electron chi connectivity index (χ3n) is 4.42. The topological polar surface area (TPSA) is 109 Å². The first-order valence-corrected chi connectivity index (χ1v) is 8.85. The number of rotatable bonds is 3. The first-order chi connectivity index (χ1) is 13.5. The maximum Gasteiger partial charge on any atom is 0.323 e. The van der Waals surface area contributed by atoms with Gasteiger partial charge in [0, 0.05) is 17.6 Å². The van der Waals surface area contributed by atoms with Gasteiger partial charge in [0.25, 0.3) is 0 Å². The molecule has 0 saturated heterocycles. The van der Waals surface area contributed by atoms with Crippen LogP contribution in [0, 0.1) is 13.8 Å². The molecule has 28 heavy (non-hydrogen) atoms. The number of nitrogens with two attached hydrogens (primary N) is 1. The Morgan fingerprint density at radius 3 is 2.36 bits per heavy atom. The number of carbonyl (C=O) groups excluding carboxylic acids is 1. The molecule has 140 valence electrons. The minimum atomic E-state index is -0.289. The molecule has 2 aromatic heterocycles. The lowest BCUT2D eigenvalue weighted by molar-refractivity contribution is 0.262. The van der Waals surface area contributed by atoms with Crippen LogP contribution in [-0.2, 0) is 0 Å². The second-order valence-corrected chi connectivity index (χ2v) is 6.72. The lowest BCUT2D eigenvalue weighted by Crippen LogP contribution is -2.19. The van der Waals surface area contributed by atoms with Crippen molar-refractivity contribution in [3.05, 3.63) is 65.9 Å². The van der Waals surface area contributed by atoms with Gasteiger partial charge in [-0.1, -0.05) is 18.2 Å². The predicted octanol–water partition coefficient (Wildman–Crippen LogP) is 4.47. The van der Waals surface area contributed by atoms with E-state index in [2.05, 4.69) is 31.9 Å². The first-order valence-electron chi connectivity index (χ1n) is 8.85. The van der Waals surface area contributed by atoms with Crippen molar-refractivity contribution in [3.8, 4) is 11.1 Å². The van der Waals surface area contributed by atoms with Crippen molar-refractivity contribution < 1.29 is 4.79 Å².